The van der Waals surface area contributed by atoms with Crippen LogP contribution in [0.15, 0.2) is 0 Å². The summed E-state index contributed by atoms with van der Waals surface area (Å²) in [5.41, 5.74) is -0.623. The van der Waals surface area contributed by atoms with Gasteiger partial charge >= 0.3 is 5.97 Å². The Kier molecular flexibility index (Phi) is 6.46. The standard InChI is InChI=1S/C16H32N2O2/c1-7-20-15(19)16(6,17-13(4)5)11-18-10-8-9-14(18)12(2)3/h12-14,17H,7-11H2,1-6H3. The quantitative estimate of drug-likeness (QED) is 0.729. The second-order valence-corrected chi connectivity index (χ2v) is 6.78. The van der Waals surface area contributed by atoms with E-state index in [2.05, 4.69) is 37.9 Å². The molecule has 0 aromatic heterocycles. The van der Waals surface area contributed by atoms with E-state index in [4.69, 9.17) is 4.74 Å². The van der Waals surface area contributed by atoms with Crippen molar-refractivity contribution in [1.82, 2.24) is 10.2 Å². The van der Waals surface area contributed by atoms with Crippen LogP contribution in [-0.4, -0.2) is 48.2 Å². The van der Waals surface area contributed by atoms with Crippen molar-refractivity contribution in [1.29, 1.82) is 0 Å². The molecule has 1 heterocycles. The van der Waals surface area contributed by atoms with Crippen LogP contribution in [0.5, 0.6) is 0 Å². The summed E-state index contributed by atoms with van der Waals surface area (Å²) in [5, 5.41) is 3.41. The number of ether oxygens (including phenoxy) is 1. The molecule has 20 heavy (non-hydrogen) atoms. The molecule has 1 saturated heterocycles. The fraction of sp³-hybridized carbons (Fsp3) is 0.938. The molecule has 4 heteroatoms. The Morgan fingerprint density at radius 2 is 2.05 bits per heavy atom. The molecule has 0 bridgehead atoms. The average molecular weight is 284 g/mol. The van der Waals surface area contributed by atoms with Crippen LogP contribution < -0.4 is 5.32 Å². The van der Waals surface area contributed by atoms with E-state index >= 15 is 0 Å². The van der Waals surface area contributed by atoms with Gasteiger partial charge < -0.3 is 4.74 Å². The predicted molar refractivity (Wildman–Crippen MR) is 82.7 cm³/mol. The average Bonchev–Trinajstić information content (AvgIpc) is 2.76. The zero-order chi connectivity index (χ0) is 15.3. The Morgan fingerprint density at radius 3 is 2.55 bits per heavy atom. The molecule has 0 amide bonds. The van der Waals surface area contributed by atoms with E-state index in [1.807, 2.05) is 13.8 Å². The third kappa shape index (κ3) is 4.45. The molecule has 0 aromatic carbocycles. The van der Waals surface area contributed by atoms with Crippen LogP contribution in [0.25, 0.3) is 0 Å². The molecular weight excluding hydrogens is 252 g/mol. The molecule has 0 spiro atoms. The maximum atomic E-state index is 12.4. The highest BCUT2D eigenvalue weighted by Crippen LogP contribution is 2.26. The number of hydrogen-bond donors (Lipinski definition) is 1. The first-order chi connectivity index (χ1) is 9.30. The maximum Gasteiger partial charge on any atom is 0.327 e. The molecule has 0 aliphatic carbocycles. The molecule has 118 valence electrons. The Balaban J connectivity index is 2.80. The summed E-state index contributed by atoms with van der Waals surface area (Å²) in [5.74, 6) is 0.492. The van der Waals surface area contributed by atoms with Gasteiger partial charge in [-0.15, -0.1) is 0 Å². The predicted octanol–water partition coefficient (Wildman–Crippen LogP) is 2.43. The van der Waals surface area contributed by atoms with Crippen molar-refractivity contribution < 1.29 is 9.53 Å². The van der Waals surface area contributed by atoms with Crippen LogP contribution >= 0.6 is 0 Å². The minimum absolute atomic E-state index is 0.136. The Hall–Kier alpha value is -0.610. The highest BCUT2D eigenvalue weighted by molar-refractivity contribution is 5.80. The van der Waals surface area contributed by atoms with Gasteiger partial charge in [0.25, 0.3) is 0 Å². The van der Waals surface area contributed by atoms with Crippen molar-refractivity contribution in [2.45, 2.75) is 72.0 Å². The third-order valence-corrected chi connectivity index (χ3v) is 4.04. The van der Waals surface area contributed by atoms with E-state index in [9.17, 15) is 4.79 Å². The topological polar surface area (TPSA) is 41.6 Å². The fourth-order valence-electron chi connectivity index (χ4n) is 3.31. The van der Waals surface area contributed by atoms with Crippen LogP contribution in [-0.2, 0) is 9.53 Å². The monoisotopic (exact) mass is 284 g/mol. The lowest BCUT2D eigenvalue weighted by molar-refractivity contribution is -0.152. The van der Waals surface area contributed by atoms with Gasteiger partial charge in [0.2, 0.25) is 0 Å². The minimum atomic E-state index is -0.623. The van der Waals surface area contributed by atoms with E-state index in [-0.39, 0.29) is 12.0 Å². The molecule has 1 aliphatic heterocycles. The van der Waals surface area contributed by atoms with Crippen molar-refractivity contribution in [2.75, 3.05) is 19.7 Å². The molecule has 1 aliphatic rings. The smallest absolute Gasteiger partial charge is 0.327 e. The number of carbonyl (C=O) groups excluding carboxylic acids is 1. The van der Waals surface area contributed by atoms with E-state index in [1.165, 1.54) is 12.8 Å². The molecule has 1 N–H and O–H groups in total. The molecule has 4 nitrogen and oxygen atoms in total. The van der Waals surface area contributed by atoms with Gasteiger partial charge in [-0.25, -0.2) is 0 Å². The van der Waals surface area contributed by atoms with Crippen molar-refractivity contribution in [3.63, 3.8) is 0 Å². The second-order valence-electron chi connectivity index (χ2n) is 6.78. The fourth-order valence-corrected chi connectivity index (χ4v) is 3.31. The number of likely N-dealkylation sites (tertiary alicyclic amines) is 1. The van der Waals surface area contributed by atoms with Crippen LogP contribution in [0.4, 0.5) is 0 Å². The van der Waals surface area contributed by atoms with Crippen molar-refractivity contribution in [3.8, 4) is 0 Å². The third-order valence-electron chi connectivity index (χ3n) is 4.04. The van der Waals surface area contributed by atoms with Crippen LogP contribution in [0.2, 0.25) is 0 Å². The molecule has 2 atom stereocenters. The Bertz CT molecular complexity index is 318. The van der Waals surface area contributed by atoms with Gasteiger partial charge in [-0.2, -0.15) is 0 Å². The SMILES string of the molecule is CCOC(=O)C(C)(CN1CCCC1C(C)C)NC(C)C. The normalized spacial score (nSPS) is 23.3. The first-order valence-electron chi connectivity index (χ1n) is 7.99. The van der Waals surface area contributed by atoms with E-state index in [0.717, 1.165) is 13.1 Å². The first-order valence-corrected chi connectivity index (χ1v) is 7.99. The zero-order valence-electron chi connectivity index (χ0n) is 14.0. The Labute approximate surface area is 124 Å². The minimum Gasteiger partial charge on any atom is -0.465 e. The van der Waals surface area contributed by atoms with Gasteiger partial charge in [-0.1, -0.05) is 13.8 Å². The molecule has 0 radical (unpaired) electrons. The summed E-state index contributed by atoms with van der Waals surface area (Å²) >= 11 is 0. The summed E-state index contributed by atoms with van der Waals surface area (Å²) in [6, 6.07) is 0.835. The summed E-state index contributed by atoms with van der Waals surface area (Å²) in [6.07, 6.45) is 2.46. The highest BCUT2D eigenvalue weighted by Gasteiger charge is 2.40. The maximum absolute atomic E-state index is 12.4. The van der Waals surface area contributed by atoms with Gasteiger partial charge in [-0.05, 0) is 53.0 Å². The van der Waals surface area contributed by atoms with Gasteiger partial charge in [0.05, 0.1) is 6.61 Å². The van der Waals surface area contributed by atoms with Crippen molar-refractivity contribution in [3.05, 3.63) is 0 Å². The van der Waals surface area contributed by atoms with E-state index < -0.39 is 5.54 Å². The number of nitrogens with zero attached hydrogens (tertiary/aromatic N) is 1. The largest absolute Gasteiger partial charge is 0.465 e. The van der Waals surface area contributed by atoms with Crippen molar-refractivity contribution >= 4 is 5.97 Å². The van der Waals surface area contributed by atoms with E-state index in [0.29, 0.717) is 18.6 Å². The summed E-state index contributed by atoms with van der Waals surface area (Å²) in [4.78, 5) is 14.8. The van der Waals surface area contributed by atoms with Gasteiger partial charge in [-0.3, -0.25) is 15.0 Å². The molecule has 2 unspecified atom stereocenters. The molecular formula is C16H32N2O2. The number of hydrogen-bond acceptors (Lipinski definition) is 4. The van der Waals surface area contributed by atoms with Crippen molar-refractivity contribution in [2.24, 2.45) is 5.92 Å². The molecule has 0 aromatic rings. The Morgan fingerprint density at radius 1 is 1.40 bits per heavy atom. The lowest BCUT2D eigenvalue weighted by atomic mass is 9.97. The highest BCUT2D eigenvalue weighted by atomic mass is 16.5. The lowest BCUT2D eigenvalue weighted by Gasteiger charge is -2.37. The van der Waals surface area contributed by atoms with Gasteiger partial charge in [0.1, 0.15) is 5.54 Å². The van der Waals surface area contributed by atoms with Crippen LogP contribution in [0.1, 0.15) is 54.4 Å². The molecule has 0 saturated carbocycles. The summed E-state index contributed by atoms with van der Waals surface area (Å²) in [7, 11) is 0. The summed E-state index contributed by atoms with van der Waals surface area (Å²) in [6.45, 7) is 14.7. The van der Waals surface area contributed by atoms with Crippen LogP contribution in [0, 0.1) is 5.92 Å². The second kappa shape index (κ2) is 7.41. The molecule has 1 fully saturated rings. The van der Waals surface area contributed by atoms with Crippen LogP contribution in [0.3, 0.4) is 0 Å². The van der Waals surface area contributed by atoms with Gasteiger partial charge in [0.15, 0.2) is 0 Å². The zero-order valence-corrected chi connectivity index (χ0v) is 14.0. The summed E-state index contributed by atoms with van der Waals surface area (Å²) < 4.78 is 5.29. The number of rotatable bonds is 7. The number of carbonyl (C=O) groups is 1. The number of nitrogens with one attached hydrogen (secondary N) is 1. The first kappa shape index (κ1) is 17.4. The van der Waals surface area contributed by atoms with E-state index in [1.54, 1.807) is 0 Å². The van der Waals surface area contributed by atoms with Gasteiger partial charge in [0, 0.05) is 18.6 Å². The molecule has 1 rings (SSSR count). The lowest BCUT2D eigenvalue weighted by Crippen LogP contribution is -2.60. The number of esters is 1.